The lowest BCUT2D eigenvalue weighted by molar-refractivity contribution is -0.145. The number of aliphatic carboxylic acids is 1. The molecule has 35 heavy (non-hydrogen) atoms. The summed E-state index contributed by atoms with van der Waals surface area (Å²) in [6, 6.07) is 12.2. The second-order valence-electron chi connectivity index (χ2n) is 9.87. The number of carbonyl (C=O) groups excluding carboxylic acids is 2. The number of carboxylic acids is 1. The summed E-state index contributed by atoms with van der Waals surface area (Å²) in [5.74, 6) is -1.44. The zero-order valence-corrected chi connectivity index (χ0v) is 21.0. The monoisotopic (exact) mass is 496 g/mol. The van der Waals surface area contributed by atoms with Gasteiger partial charge in [0.1, 0.15) is 22.7 Å². The highest BCUT2D eigenvalue weighted by Crippen LogP contribution is 2.38. The minimum atomic E-state index is -1.14. The fraction of sp³-hybridized carbons (Fsp3) is 0.444. The number of nitrogens with zero attached hydrogens (tertiary/aromatic N) is 1. The van der Waals surface area contributed by atoms with E-state index in [0.29, 0.717) is 37.2 Å². The molecule has 1 aliphatic carbocycles. The van der Waals surface area contributed by atoms with Crippen molar-refractivity contribution in [3.8, 4) is 0 Å². The van der Waals surface area contributed by atoms with Gasteiger partial charge in [-0.15, -0.1) is 0 Å². The molecule has 186 valence electrons. The predicted molar refractivity (Wildman–Crippen MR) is 138 cm³/mol. The van der Waals surface area contributed by atoms with Gasteiger partial charge in [-0.25, -0.2) is 4.79 Å². The van der Waals surface area contributed by atoms with Crippen LogP contribution in [-0.2, 0) is 20.8 Å². The van der Waals surface area contributed by atoms with Crippen LogP contribution in [0.4, 0.5) is 0 Å². The van der Waals surface area contributed by atoms with E-state index in [2.05, 4.69) is 18.1 Å². The predicted octanol–water partition coefficient (Wildman–Crippen LogP) is 5.12. The van der Waals surface area contributed by atoms with Gasteiger partial charge in [0.05, 0.1) is 0 Å². The van der Waals surface area contributed by atoms with Gasteiger partial charge in [-0.2, -0.15) is 0 Å². The van der Waals surface area contributed by atoms with Crippen LogP contribution < -0.4 is 5.32 Å². The highest BCUT2D eigenvalue weighted by atomic mass is 32.1. The van der Waals surface area contributed by atoms with Gasteiger partial charge >= 0.3 is 5.97 Å². The lowest BCUT2D eigenvalue weighted by Crippen LogP contribution is -2.59. The first-order chi connectivity index (χ1) is 16.7. The standard InChI is InChI=1S/C27H32N2O5S/c1-17(2)9-12-24(30)29(35)27(13-5-6-14-27)26(33)28-21(25(31)32)15-18-10-11-20-19-7-3-4-8-22(19)34-23(20)16-18/h3-4,7-8,10-11,16-17,21,35H,5-6,9,12-15H2,1-2H3,(H,28,33)(H,31,32)/t21-/m0/s1. The van der Waals surface area contributed by atoms with Crippen molar-refractivity contribution in [3.63, 3.8) is 0 Å². The Bertz CT molecular complexity index is 1240. The third kappa shape index (κ3) is 5.17. The molecule has 4 rings (SSSR count). The number of amides is 2. The van der Waals surface area contributed by atoms with Gasteiger partial charge in [0.25, 0.3) is 0 Å². The maximum Gasteiger partial charge on any atom is 0.326 e. The van der Waals surface area contributed by atoms with Gasteiger partial charge < -0.3 is 14.8 Å². The van der Waals surface area contributed by atoms with Gasteiger partial charge in [-0.05, 0) is 42.9 Å². The van der Waals surface area contributed by atoms with Crippen LogP contribution >= 0.6 is 12.8 Å². The maximum atomic E-state index is 13.5. The fourth-order valence-electron chi connectivity index (χ4n) is 4.88. The molecule has 1 aliphatic rings. The number of benzene rings is 2. The lowest BCUT2D eigenvalue weighted by Gasteiger charge is -2.37. The number of para-hydroxylation sites is 1. The highest BCUT2D eigenvalue weighted by molar-refractivity contribution is 7.78. The van der Waals surface area contributed by atoms with Crippen molar-refractivity contribution < 1.29 is 23.9 Å². The van der Waals surface area contributed by atoms with Crippen LogP contribution in [-0.4, -0.2) is 38.8 Å². The first-order valence-electron chi connectivity index (χ1n) is 12.2. The van der Waals surface area contributed by atoms with Gasteiger partial charge in [0.2, 0.25) is 11.8 Å². The van der Waals surface area contributed by atoms with E-state index in [-0.39, 0.29) is 12.3 Å². The van der Waals surface area contributed by atoms with Crippen molar-refractivity contribution in [3.05, 3.63) is 48.0 Å². The van der Waals surface area contributed by atoms with Crippen LogP contribution in [0, 0.1) is 5.92 Å². The van der Waals surface area contributed by atoms with Crippen molar-refractivity contribution in [2.75, 3.05) is 0 Å². The SMILES string of the molecule is CC(C)CCC(=O)N(S)C1(C(=O)N[C@@H](Cc2ccc3c(c2)oc2ccccc23)C(=O)O)CCCC1. The summed E-state index contributed by atoms with van der Waals surface area (Å²) in [5.41, 5.74) is 1.04. The van der Waals surface area contributed by atoms with Crippen LogP contribution in [0.5, 0.6) is 0 Å². The van der Waals surface area contributed by atoms with Crippen molar-refractivity contribution in [1.29, 1.82) is 0 Å². The summed E-state index contributed by atoms with van der Waals surface area (Å²) >= 11 is 4.45. The van der Waals surface area contributed by atoms with Crippen molar-refractivity contribution in [1.82, 2.24) is 9.62 Å². The summed E-state index contributed by atoms with van der Waals surface area (Å²) in [5, 5.41) is 14.6. The number of furan rings is 1. The molecule has 2 amide bonds. The second-order valence-corrected chi connectivity index (χ2v) is 10.3. The molecule has 1 saturated carbocycles. The van der Waals surface area contributed by atoms with E-state index in [1.807, 2.05) is 56.3 Å². The molecular weight excluding hydrogens is 464 g/mol. The summed E-state index contributed by atoms with van der Waals surface area (Å²) in [7, 11) is 0. The Morgan fingerprint density at radius 1 is 1.09 bits per heavy atom. The minimum Gasteiger partial charge on any atom is -0.480 e. The Labute approximate surface area is 210 Å². The Hall–Kier alpha value is -3.00. The maximum absolute atomic E-state index is 13.5. The van der Waals surface area contributed by atoms with Crippen molar-refractivity contribution in [2.24, 2.45) is 5.92 Å². The number of carbonyl (C=O) groups is 3. The quantitative estimate of drug-likeness (QED) is 0.357. The number of fused-ring (bicyclic) bond motifs is 3. The Morgan fingerprint density at radius 2 is 1.77 bits per heavy atom. The van der Waals surface area contributed by atoms with E-state index in [1.165, 1.54) is 4.31 Å². The molecule has 1 aromatic heterocycles. The summed E-state index contributed by atoms with van der Waals surface area (Å²) in [4.78, 5) is 38.4. The first-order valence-corrected chi connectivity index (χ1v) is 12.6. The molecule has 1 heterocycles. The molecule has 1 atom stereocenters. The van der Waals surface area contributed by atoms with Crippen LogP contribution in [0.3, 0.4) is 0 Å². The van der Waals surface area contributed by atoms with Gasteiger partial charge in [0.15, 0.2) is 0 Å². The second kappa shape index (κ2) is 10.3. The molecular formula is C27H32N2O5S. The van der Waals surface area contributed by atoms with Gasteiger partial charge in [-0.3, -0.25) is 13.9 Å². The number of hydrogen-bond donors (Lipinski definition) is 3. The largest absolute Gasteiger partial charge is 0.480 e. The van der Waals surface area contributed by atoms with Crippen LogP contribution in [0.15, 0.2) is 46.9 Å². The molecule has 1 fully saturated rings. The number of hydrogen-bond acceptors (Lipinski definition) is 5. The van der Waals surface area contributed by atoms with E-state index in [0.717, 1.165) is 34.8 Å². The van der Waals surface area contributed by atoms with E-state index < -0.39 is 23.5 Å². The first kappa shape index (κ1) is 25.1. The average Bonchev–Trinajstić information content (AvgIpc) is 3.47. The molecule has 0 spiro atoms. The zero-order chi connectivity index (χ0) is 25.2. The number of rotatable bonds is 9. The van der Waals surface area contributed by atoms with Crippen LogP contribution in [0.25, 0.3) is 21.9 Å². The smallest absolute Gasteiger partial charge is 0.326 e. The molecule has 0 bridgehead atoms. The molecule has 2 aromatic carbocycles. The van der Waals surface area contributed by atoms with E-state index >= 15 is 0 Å². The minimum absolute atomic E-state index is 0.0952. The van der Waals surface area contributed by atoms with Crippen LogP contribution in [0.2, 0.25) is 0 Å². The molecule has 7 nitrogen and oxygen atoms in total. The lowest BCUT2D eigenvalue weighted by atomic mass is 9.94. The van der Waals surface area contributed by atoms with Crippen LogP contribution in [0.1, 0.15) is 57.9 Å². The number of thiol groups is 1. The van der Waals surface area contributed by atoms with E-state index in [4.69, 9.17) is 4.42 Å². The molecule has 0 aliphatic heterocycles. The summed E-state index contributed by atoms with van der Waals surface area (Å²) in [6.45, 7) is 4.07. The molecule has 0 unspecified atom stereocenters. The zero-order valence-electron chi connectivity index (χ0n) is 20.1. The molecule has 0 radical (unpaired) electrons. The van der Waals surface area contributed by atoms with Crippen molar-refractivity contribution in [2.45, 2.75) is 70.4 Å². The van der Waals surface area contributed by atoms with E-state index in [9.17, 15) is 19.5 Å². The Kier molecular flexibility index (Phi) is 7.40. The summed E-state index contributed by atoms with van der Waals surface area (Å²) in [6.07, 6.45) is 3.59. The van der Waals surface area contributed by atoms with Gasteiger partial charge in [0, 0.05) is 23.6 Å². The number of carboxylic acid groups (broad SMARTS) is 1. The van der Waals surface area contributed by atoms with Gasteiger partial charge in [-0.1, -0.05) is 69.8 Å². The molecule has 0 saturated heterocycles. The Balaban J connectivity index is 1.53. The summed E-state index contributed by atoms with van der Waals surface area (Å²) < 4.78 is 7.18. The highest BCUT2D eigenvalue weighted by Gasteiger charge is 2.48. The molecule has 3 aromatic rings. The fourth-order valence-corrected chi connectivity index (χ4v) is 5.27. The average molecular weight is 497 g/mol. The Morgan fingerprint density at radius 3 is 2.46 bits per heavy atom. The normalized spacial score (nSPS) is 16.0. The molecule has 2 N–H and O–H groups in total. The third-order valence-electron chi connectivity index (χ3n) is 6.92. The van der Waals surface area contributed by atoms with E-state index in [1.54, 1.807) is 0 Å². The third-order valence-corrected chi connectivity index (χ3v) is 7.52. The topological polar surface area (TPSA) is 99.9 Å². The number of nitrogens with one attached hydrogen (secondary N) is 1. The van der Waals surface area contributed by atoms with Crippen molar-refractivity contribution >= 4 is 52.5 Å². The molecule has 8 heteroatoms.